The summed E-state index contributed by atoms with van der Waals surface area (Å²) in [6.45, 7) is 3.75. The number of hydrogen-bond acceptors (Lipinski definition) is 3. The third-order valence-corrected chi connectivity index (χ3v) is 7.10. The van der Waals surface area contributed by atoms with Crippen molar-refractivity contribution in [2.24, 2.45) is 0 Å². The zero-order chi connectivity index (χ0) is 20.8. The first-order chi connectivity index (χ1) is 13.8. The Bertz CT molecular complexity index is 1200. The predicted molar refractivity (Wildman–Crippen MR) is 115 cm³/mol. The number of amides is 2. The summed E-state index contributed by atoms with van der Waals surface area (Å²) in [5.41, 5.74) is 2.88. The lowest BCUT2D eigenvalue weighted by atomic mass is 10.1. The van der Waals surface area contributed by atoms with Crippen LogP contribution in [0.25, 0.3) is 0 Å². The molecule has 4 rings (SSSR count). The lowest BCUT2D eigenvalue weighted by Crippen LogP contribution is -2.51. The second-order valence-electron chi connectivity index (χ2n) is 6.94. The molecule has 0 unspecified atom stereocenters. The maximum atomic E-state index is 13.6. The number of nitrogens with zero attached hydrogens (tertiary/aromatic N) is 2. The van der Waals surface area contributed by atoms with Crippen LogP contribution in [0.5, 0.6) is 0 Å². The van der Waals surface area contributed by atoms with Crippen LogP contribution in [0.4, 0.5) is 16.2 Å². The molecule has 0 spiro atoms. The zero-order valence-corrected chi connectivity index (χ0v) is 17.5. The van der Waals surface area contributed by atoms with Crippen molar-refractivity contribution in [1.82, 2.24) is 0 Å². The Labute approximate surface area is 175 Å². The van der Waals surface area contributed by atoms with E-state index in [1.54, 1.807) is 50.2 Å². The fourth-order valence-electron chi connectivity index (χ4n) is 3.60. The number of carbonyl (C=O) groups is 1. The van der Waals surface area contributed by atoms with Gasteiger partial charge in [-0.2, -0.15) is 4.31 Å². The average Bonchev–Trinajstić information content (AvgIpc) is 2.69. The number of aryl methyl sites for hydroxylation is 2. The third kappa shape index (κ3) is 3.18. The molecular formula is C22H19ClN2O3S. The van der Waals surface area contributed by atoms with Gasteiger partial charge in [0, 0.05) is 5.02 Å². The molecule has 0 atom stereocenters. The predicted octanol–water partition coefficient (Wildman–Crippen LogP) is 5.29. The number of hydrogen-bond donors (Lipinski definition) is 0. The summed E-state index contributed by atoms with van der Waals surface area (Å²) in [5.74, 6) is 0. The number of para-hydroxylation sites is 2. The molecule has 1 heterocycles. The fourth-order valence-corrected chi connectivity index (χ4v) is 5.52. The van der Waals surface area contributed by atoms with E-state index in [2.05, 4.69) is 0 Å². The van der Waals surface area contributed by atoms with Crippen molar-refractivity contribution >= 4 is 39.0 Å². The van der Waals surface area contributed by atoms with E-state index < -0.39 is 16.1 Å². The zero-order valence-electron chi connectivity index (χ0n) is 16.0. The Morgan fingerprint density at radius 3 is 2.17 bits per heavy atom. The molecule has 1 aliphatic heterocycles. The molecule has 0 N–H and O–H groups in total. The Morgan fingerprint density at radius 1 is 0.862 bits per heavy atom. The summed E-state index contributed by atoms with van der Waals surface area (Å²) >= 11 is 6.31. The van der Waals surface area contributed by atoms with Gasteiger partial charge in [-0.05, 0) is 48.7 Å². The maximum absolute atomic E-state index is 13.6. The quantitative estimate of drug-likeness (QED) is 0.571. The normalized spacial score (nSPS) is 15.3. The summed E-state index contributed by atoms with van der Waals surface area (Å²) in [6.07, 6.45) is 0. The average molecular weight is 427 g/mol. The first kappa shape index (κ1) is 19.5. The molecule has 0 fully saturated rings. The number of sulfonamides is 1. The summed E-state index contributed by atoms with van der Waals surface area (Å²) < 4.78 is 27.8. The number of rotatable bonds is 3. The maximum Gasteiger partial charge on any atom is 0.343 e. The first-order valence-electron chi connectivity index (χ1n) is 9.08. The molecule has 0 bridgehead atoms. The topological polar surface area (TPSA) is 57.7 Å². The van der Waals surface area contributed by atoms with Crippen molar-refractivity contribution in [2.45, 2.75) is 25.3 Å². The minimum atomic E-state index is -4.06. The van der Waals surface area contributed by atoms with Crippen LogP contribution in [0, 0.1) is 13.8 Å². The monoisotopic (exact) mass is 426 g/mol. The van der Waals surface area contributed by atoms with Crippen LogP contribution < -0.4 is 9.21 Å². The minimum absolute atomic E-state index is 0.0920. The Hall–Kier alpha value is -2.83. The van der Waals surface area contributed by atoms with Crippen LogP contribution >= 0.6 is 11.6 Å². The van der Waals surface area contributed by atoms with E-state index in [9.17, 15) is 13.2 Å². The van der Waals surface area contributed by atoms with Crippen molar-refractivity contribution in [1.29, 1.82) is 0 Å². The first-order valence-corrected chi connectivity index (χ1v) is 10.9. The van der Waals surface area contributed by atoms with Gasteiger partial charge in [0.05, 0.1) is 17.9 Å². The molecule has 0 saturated carbocycles. The van der Waals surface area contributed by atoms with Crippen molar-refractivity contribution in [3.8, 4) is 0 Å². The molecule has 1 aliphatic rings. The van der Waals surface area contributed by atoms with Crippen molar-refractivity contribution in [2.75, 3.05) is 9.21 Å². The van der Waals surface area contributed by atoms with Crippen molar-refractivity contribution in [3.63, 3.8) is 0 Å². The van der Waals surface area contributed by atoms with Crippen LogP contribution in [0.1, 0.15) is 16.7 Å². The number of benzene rings is 3. The summed E-state index contributed by atoms with van der Waals surface area (Å²) in [6, 6.07) is 18.6. The SMILES string of the molecule is Cc1cccc(C)c1N1C(=O)N(Cc2ccccc2Cl)c2ccccc2S1(=O)=O. The van der Waals surface area contributed by atoms with E-state index >= 15 is 0 Å². The lowest BCUT2D eigenvalue weighted by Gasteiger charge is -2.37. The van der Waals surface area contributed by atoms with E-state index in [0.29, 0.717) is 27.5 Å². The molecule has 7 heteroatoms. The van der Waals surface area contributed by atoms with Crippen LogP contribution in [-0.2, 0) is 16.6 Å². The molecule has 148 valence electrons. The highest BCUT2D eigenvalue weighted by molar-refractivity contribution is 7.94. The highest BCUT2D eigenvalue weighted by Gasteiger charge is 2.43. The largest absolute Gasteiger partial charge is 0.343 e. The molecule has 29 heavy (non-hydrogen) atoms. The minimum Gasteiger partial charge on any atom is -0.287 e. The summed E-state index contributed by atoms with van der Waals surface area (Å²) in [7, 11) is -4.06. The van der Waals surface area contributed by atoms with Crippen LogP contribution in [0.3, 0.4) is 0 Å². The molecule has 5 nitrogen and oxygen atoms in total. The number of halogens is 1. The van der Waals surface area contributed by atoms with E-state index in [4.69, 9.17) is 11.6 Å². The number of anilines is 2. The van der Waals surface area contributed by atoms with Gasteiger partial charge in [0.1, 0.15) is 4.90 Å². The Balaban J connectivity index is 1.94. The van der Waals surface area contributed by atoms with E-state index in [1.807, 2.05) is 24.3 Å². The van der Waals surface area contributed by atoms with E-state index in [1.165, 1.54) is 11.0 Å². The van der Waals surface area contributed by atoms with Crippen LogP contribution in [0.15, 0.2) is 71.6 Å². The molecule has 3 aromatic rings. The van der Waals surface area contributed by atoms with Gasteiger partial charge in [-0.25, -0.2) is 13.2 Å². The smallest absolute Gasteiger partial charge is 0.287 e. The molecule has 2 amide bonds. The van der Waals surface area contributed by atoms with Crippen LogP contribution in [-0.4, -0.2) is 14.4 Å². The highest BCUT2D eigenvalue weighted by atomic mass is 35.5. The van der Waals surface area contributed by atoms with E-state index in [0.717, 1.165) is 9.87 Å². The van der Waals surface area contributed by atoms with Gasteiger partial charge in [0.25, 0.3) is 10.0 Å². The molecule has 0 aromatic heterocycles. The Kier molecular flexibility index (Phi) is 4.84. The molecular weight excluding hydrogens is 408 g/mol. The third-order valence-electron chi connectivity index (χ3n) is 5.01. The Morgan fingerprint density at radius 2 is 1.48 bits per heavy atom. The fraction of sp³-hybridized carbons (Fsp3) is 0.136. The van der Waals surface area contributed by atoms with Gasteiger partial charge >= 0.3 is 6.03 Å². The van der Waals surface area contributed by atoms with Crippen molar-refractivity contribution < 1.29 is 13.2 Å². The number of carbonyl (C=O) groups excluding carboxylic acids is 1. The second kappa shape index (κ2) is 7.21. The van der Waals surface area contributed by atoms with Gasteiger partial charge in [0.2, 0.25) is 0 Å². The standard InChI is InChI=1S/C22H19ClN2O3S/c1-15-8-7-9-16(2)21(15)25-22(26)24(14-17-10-3-4-11-18(17)23)19-12-5-6-13-20(19)29(25,27)28/h3-13H,14H2,1-2H3. The van der Waals surface area contributed by atoms with Gasteiger partial charge in [-0.3, -0.25) is 4.90 Å². The van der Waals surface area contributed by atoms with E-state index in [-0.39, 0.29) is 11.4 Å². The highest BCUT2D eigenvalue weighted by Crippen LogP contribution is 2.40. The van der Waals surface area contributed by atoms with Crippen molar-refractivity contribution in [3.05, 3.63) is 88.4 Å². The number of urea groups is 1. The lowest BCUT2D eigenvalue weighted by molar-refractivity contribution is 0.253. The molecule has 0 radical (unpaired) electrons. The van der Waals surface area contributed by atoms with Crippen LogP contribution in [0.2, 0.25) is 5.02 Å². The number of fused-ring (bicyclic) bond motifs is 1. The summed E-state index contributed by atoms with van der Waals surface area (Å²) in [5, 5.41) is 0.518. The molecule has 3 aromatic carbocycles. The van der Waals surface area contributed by atoms with Gasteiger partial charge in [-0.1, -0.05) is 60.1 Å². The van der Waals surface area contributed by atoms with Gasteiger partial charge < -0.3 is 0 Å². The van der Waals surface area contributed by atoms with Gasteiger partial charge in [0.15, 0.2) is 0 Å². The molecule has 0 saturated heterocycles. The van der Waals surface area contributed by atoms with Gasteiger partial charge in [-0.15, -0.1) is 0 Å². The second-order valence-corrected chi connectivity index (χ2v) is 9.10. The molecule has 0 aliphatic carbocycles. The summed E-state index contributed by atoms with van der Waals surface area (Å²) in [4.78, 5) is 15.1.